The minimum absolute atomic E-state index is 0.00107. The average Bonchev–Trinajstić information content (AvgIpc) is 2.61. The molecular weight excluding hydrogens is 338 g/mol. The summed E-state index contributed by atoms with van der Waals surface area (Å²) in [4.78, 5) is 28.5. The number of piperidine rings is 1. The Morgan fingerprint density at radius 2 is 2.00 bits per heavy atom. The summed E-state index contributed by atoms with van der Waals surface area (Å²) < 4.78 is 0. The highest BCUT2D eigenvalue weighted by atomic mass is 32.2. The van der Waals surface area contributed by atoms with Gasteiger partial charge in [-0.2, -0.15) is 0 Å². The highest BCUT2D eigenvalue weighted by molar-refractivity contribution is 7.98. The number of carboxylic acid groups (broad SMARTS) is 1. The molecule has 0 bridgehead atoms. The van der Waals surface area contributed by atoms with Crippen molar-refractivity contribution in [2.45, 2.75) is 36.7 Å². The first-order valence-corrected chi connectivity index (χ1v) is 9.74. The van der Waals surface area contributed by atoms with Gasteiger partial charge < -0.3 is 10.4 Å². The summed E-state index contributed by atoms with van der Waals surface area (Å²) in [5, 5.41) is 11.9. The highest BCUT2D eigenvalue weighted by Crippen LogP contribution is 2.25. The molecule has 0 saturated carbocycles. The molecule has 25 heavy (non-hydrogen) atoms. The zero-order valence-electron chi connectivity index (χ0n) is 15.1. The van der Waals surface area contributed by atoms with Crippen molar-refractivity contribution in [3.63, 3.8) is 0 Å². The fourth-order valence-corrected chi connectivity index (χ4v) is 3.76. The maximum Gasteiger partial charge on any atom is 0.317 e. The fourth-order valence-electron chi connectivity index (χ4n) is 3.21. The zero-order valence-corrected chi connectivity index (χ0v) is 15.9. The van der Waals surface area contributed by atoms with Gasteiger partial charge in [0.05, 0.1) is 18.3 Å². The van der Waals surface area contributed by atoms with Crippen molar-refractivity contribution in [2.75, 3.05) is 38.3 Å². The van der Waals surface area contributed by atoms with E-state index in [1.54, 1.807) is 11.8 Å². The minimum atomic E-state index is -0.801. The first kappa shape index (κ1) is 19.8. The molecule has 1 heterocycles. The van der Waals surface area contributed by atoms with E-state index in [9.17, 15) is 9.59 Å². The van der Waals surface area contributed by atoms with Crippen LogP contribution >= 0.6 is 11.8 Å². The van der Waals surface area contributed by atoms with E-state index < -0.39 is 5.97 Å². The molecule has 1 fully saturated rings. The van der Waals surface area contributed by atoms with Crippen LogP contribution in [0, 0.1) is 0 Å². The van der Waals surface area contributed by atoms with Crippen LogP contribution < -0.4 is 5.32 Å². The monoisotopic (exact) mass is 365 g/mol. The molecule has 1 aromatic carbocycles. The molecule has 6 nitrogen and oxygen atoms in total. The number of nitrogens with one attached hydrogen (secondary N) is 1. The number of anilines is 1. The Balaban J connectivity index is 1.88. The summed E-state index contributed by atoms with van der Waals surface area (Å²) in [6.45, 7) is 3.59. The van der Waals surface area contributed by atoms with E-state index in [1.807, 2.05) is 49.4 Å². The second-order valence-electron chi connectivity index (χ2n) is 6.44. The molecule has 7 heteroatoms. The number of carboxylic acids is 1. The first-order chi connectivity index (χ1) is 11.9. The van der Waals surface area contributed by atoms with Gasteiger partial charge in [0.2, 0.25) is 5.91 Å². The summed E-state index contributed by atoms with van der Waals surface area (Å²) in [5.41, 5.74) is 0.850. The standard InChI is InChI=1S/C18H27N3O3S/c1-13(18(24)19-15-6-4-5-7-16(15)25-3)21-10-8-14(9-11-21)20(2)12-17(22)23/h4-7,13-14H,8-12H2,1-3H3,(H,19,24)(H,22,23). The lowest BCUT2D eigenvalue weighted by molar-refractivity contribution is -0.138. The minimum Gasteiger partial charge on any atom is -0.480 e. The lowest BCUT2D eigenvalue weighted by Crippen LogP contribution is -2.50. The van der Waals surface area contributed by atoms with Gasteiger partial charge in [0.15, 0.2) is 0 Å². The molecule has 0 radical (unpaired) electrons. The smallest absolute Gasteiger partial charge is 0.317 e. The quantitative estimate of drug-likeness (QED) is 0.722. The van der Waals surface area contributed by atoms with Crippen molar-refractivity contribution in [1.29, 1.82) is 0 Å². The van der Waals surface area contributed by atoms with Crippen LogP contribution in [0.5, 0.6) is 0 Å². The predicted octanol–water partition coefficient (Wildman–Crippen LogP) is 2.22. The Kier molecular flexibility index (Phi) is 7.28. The van der Waals surface area contributed by atoms with Crippen LogP contribution in [0.15, 0.2) is 29.2 Å². The van der Waals surface area contributed by atoms with Crippen LogP contribution in [0.2, 0.25) is 0 Å². The second kappa shape index (κ2) is 9.22. The van der Waals surface area contributed by atoms with Gasteiger partial charge in [-0.15, -0.1) is 11.8 Å². The molecule has 1 aromatic rings. The maximum absolute atomic E-state index is 12.6. The lowest BCUT2D eigenvalue weighted by atomic mass is 10.0. The van der Waals surface area contributed by atoms with E-state index in [4.69, 9.17) is 5.11 Å². The summed E-state index contributed by atoms with van der Waals surface area (Å²) in [6, 6.07) is 7.85. The third kappa shape index (κ3) is 5.45. The number of hydrogen-bond acceptors (Lipinski definition) is 5. The number of likely N-dealkylation sites (tertiary alicyclic amines) is 1. The maximum atomic E-state index is 12.6. The van der Waals surface area contributed by atoms with Crippen molar-refractivity contribution in [3.05, 3.63) is 24.3 Å². The Hall–Kier alpha value is -1.57. The number of carbonyl (C=O) groups excluding carboxylic acids is 1. The summed E-state index contributed by atoms with van der Waals surface area (Å²) in [5.74, 6) is -0.802. The normalized spacial score (nSPS) is 17.4. The molecule has 1 aliphatic rings. The van der Waals surface area contributed by atoms with E-state index in [1.165, 1.54) is 0 Å². The van der Waals surface area contributed by atoms with Gasteiger partial charge in [-0.05, 0) is 45.2 Å². The van der Waals surface area contributed by atoms with E-state index in [2.05, 4.69) is 10.2 Å². The van der Waals surface area contributed by atoms with Crippen LogP contribution in [0.3, 0.4) is 0 Å². The topological polar surface area (TPSA) is 72.9 Å². The van der Waals surface area contributed by atoms with Gasteiger partial charge in [0.1, 0.15) is 0 Å². The summed E-state index contributed by atoms with van der Waals surface area (Å²) in [7, 11) is 1.85. The highest BCUT2D eigenvalue weighted by Gasteiger charge is 2.29. The molecule has 1 atom stereocenters. The number of likely N-dealkylation sites (N-methyl/N-ethyl adjacent to an activating group) is 1. The number of amides is 1. The van der Waals surface area contributed by atoms with Gasteiger partial charge in [-0.1, -0.05) is 12.1 Å². The van der Waals surface area contributed by atoms with Crippen LogP contribution in [-0.2, 0) is 9.59 Å². The van der Waals surface area contributed by atoms with Crippen molar-refractivity contribution < 1.29 is 14.7 Å². The molecule has 2 N–H and O–H groups in total. The number of para-hydroxylation sites is 1. The summed E-state index contributed by atoms with van der Waals surface area (Å²) >= 11 is 1.61. The average molecular weight is 365 g/mol. The molecule has 0 spiro atoms. The number of carbonyl (C=O) groups is 2. The molecular formula is C18H27N3O3S. The first-order valence-electron chi connectivity index (χ1n) is 8.52. The van der Waals surface area contributed by atoms with Crippen LogP contribution in [0.25, 0.3) is 0 Å². The van der Waals surface area contributed by atoms with E-state index in [-0.39, 0.29) is 24.5 Å². The largest absolute Gasteiger partial charge is 0.480 e. The van der Waals surface area contributed by atoms with Crippen molar-refractivity contribution in [2.24, 2.45) is 0 Å². The summed E-state index contributed by atoms with van der Waals surface area (Å²) in [6.07, 6.45) is 3.75. The number of rotatable bonds is 7. The molecule has 0 aromatic heterocycles. The van der Waals surface area contributed by atoms with Crippen molar-refractivity contribution in [1.82, 2.24) is 9.80 Å². The molecule has 1 amide bonds. The van der Waals surface area contributed by atoms with E-state index in [0.717, 1.165) is 36.5 Å². The van der Waals surface area contributed by atoms with Gasteiger partial charge in [0, 0.05) is 24.0 Å². The van der Waals surface area contributed by atoms with Gasteiger partial charge >= 0.3 is 5.97 Å². The van der Waals surface area contributed by atoms with Gasteiger partial charge in [-0.25, -0.2) is 0 Å². The second-order valence-corrected chi connectivity index (χ2v) is 7.29. The van der Waals surface area contributed by atoms with Gasteiger partial charge in [-0.3, -0.25) is 19.4 Å². The SMILES string of the molecule is CSc1ccccc1NC(=O)C(C)N1CCC(N(C)CC(=O)O)CC1. The van der Waals surface area contributed by atoms with Gasteiger partial charge in [0.25, 0.3) is 0 Å². The Labute approximate surface area is 153 Å². The number of thioether (sulfide) groups is 1. The predicted molar refractivity (Wildman–Crippen MR) is 101 cm³/mol. The Morgan fingerprint density at radius 1 is 1.36 bits per heavy atom. The molecule has 1 saturated heterocycles. The van der Waals surface area contributed by atoms with Crippen LogP contribution in [-0.4, -0.2) is 71.8 Å². The van der Waals surface area contributed by atoms with Crippen LogP contribution in [0.1, 0.15) is 19.8 Å². The zero-order chi connectivity index (χ0) is 18.4. The Bertz CT molecular complexity index is 603. The molecule has 2 rings (SSSR count). The van der Waals surface area contributed by atoms with E-state index in [0.29, 0.717) is 0 Å². The Morgan fingerprint density at radius 3 is 2.60 bits per heavy atom. The molecule has 138 valence electrons. The molecule has 0 aliphatic carbocycles. The number of hydrogen-bond donors (Lipinski definition) is 2. The number of benzene rings is 1. The van der Waals surface area contributed by atoms with Crippen molar-refractivity contribution >= 4 is 29.3 Å². The third-order valence-corrected chi connectivity index (χ3v) is 5.59. The third-order valence-electron chi connectivity index (χ3n) is 4.80. The number of nitrogens with zero attached hydrogens (tertiary/aromatic N) is 2. The molecule has 1 aliphatic heterocycles. The number of aliphatic carboxylic acids is 1. The van der Waals surface area contributed by atoms with Crippen molar-refractivity contribution in [3.8, 4) is 0 Å². The lowest BCUT2D eigenvalue weighted by Gasteiger charge is -2.38. The fraction of sp³-hybridized carbons (Fsp3) is 0.556. The van der Waals surface area contributed by atoms with E-state index >= 15 is 0 Å². The van der Waals surface area contributed by atoms with Crippen LogP contribution in [0.4, 0.5) is 5.69 Å². The molecule has 1 unspecified atom stereocenters.